The van der Waals surface area contributed by atoms with Crippen LogP contribution in [0.2, 0.25) is 0 Å². The third kappa shape index (κ3) is 1.58. The quantitative estimate of drug-likeness (QED) is 0.521. The molecule has 2 unspecified atom stereocenters. The smallest absolute Gasteiger partial charge is 0.355 e. The van der Waals surface area contributed by atoms with E-state index in [9.17, 15) is 18.0 Å². The van der Waals surface area contributed by atoms with Gasteiger partial charge in [0.1, 0.15) is 5.92 Å². The third-order valence-electron chi connectivity index (χ3n) is 2.16. The monoisotopic (exact) mass is 240 g/mol. The van der Waals surface area contributed by atoms with Crippen molar-refractivity contribution >= 4 is 22.1 Å². The minimum absolute atomic E-state index is 0.290. The number of rotatable bonds is 3. The van der Waals surface area contributed by atoms with Crippen LogP contribution in [0, 0.1) is 5.92 Å². The third-order valence-corrected chi connectivity index (χ3v) is 3.50. The summed E-state index contributed by atoms with van der Waals surface area (Å²) < 4.78 is 35.0. The van der Waals surface area contributed by atoms with Crippen molar-refractivity contribution in [2.24, 2.45) is 5.92 Å². The summed E-state index contributed by atoms with van der Waals surface area (Å²) in [6.07, 6.45) is -0.290. The number of hydrogen-bond donors (Lipinski definition) is 3. The minimum Gasteiger partial charge on any atom is -0.481 e. The molecule has 0 saturated carbocycles. The summed E-state index contributed by atoms with van der Waals surface area (Å²) in [6.45, 7) is -0.358. The molecule has 1 heterocycles. The van der Waals surface area contributed by atoms with Crippen LogP contribution in [0.15, 0.2) is 0 Å². The molecule has 2 atom stereocenters. The molecule has 1 saturated heterocycles. The molecule has 0 spiro atoms. The van der Waals surface area contributed by atoms with E-state index < -0.39 is 32.9 Å². The van der Waals surface area contributed by atoms with Crippen LogP contribution in [-0.2, 0) is 24.4 Å². The Bertz CT molecular complexity index is 397. The molecule has 9 heteroatoms. The maximum atomic E-state index is 10.9. The van der Waals surface area contributed by atoms with Gasteiger partial charge in [-0.05, 0) is 6.42 Å². The lowest BCUT2D eigenvalue weighted by Gasteiger charge is -2.23. The van der Waals surface area contributed by atoms with Gasteiger partial charge in [-0.2, -0.15) is 8.42 Å². The Labute approximate surface area is 84.2 Å². The number of carbonyl (C=O) groups is 2. The van der Waals surface area contributed by atoms with E-state index in [0.29, 0.717) is 0 Å². The van der Waals surface area contributed by atoms with E-state index in [4.69, 9.17) is 14.8 Å². The number of ether oxygens (including phenoxy) is 1. The minimum atomic E-state index is -5.16. The summed E-state index contributed by atoms with van der Waals surface area (Å²) in [5.74, 6) is -5.49. The van der Waals surface area contributed by atoms with E-state index in [0.717, 1.165) is 0 Å². The van der Waals surface area contributed by atoms with Crippen molar-refractivity contribution in [2.45, 2.75) is 11.4 Å². The number of carboxylic acid groups (broad SMARTS) is 2. The Kier molecular flexibility index (Phi) is 2.72. The second-order valence-corrected chi connectivity index (χ2v) is 4.53. The van der Waals surface area contributed by atoms with Crippen LogP contribution in [0.3, 0.4) is 0 Å². The Morgan fingerprint density at radius 2 is 1.87 bits per heavy atom. The number of aliphatic carboxylic acids is 2. The van der Waals surface area contributed by atoms with E-state index in [1.807, 2.05) is 0 Å². The fourth-order valence-corrected chi connectivity index (χ4v) is 2.51. The molecule has 86 valence electrons. The summed E-state index contributed by atoms with van der Waals surface area (Å²) in [5, 5.41) is 17.3. The molecule has 0 aromatic rings. The van der Waals surface area contributed by atoms with Gasteiger partial charge in [-0.3, -0.25) is 9.35 Å². The van der Waals surface area contributed by atoms with Crippen molar-refractivity contribution in [3.63, 3.8) is 0 Å². The standard InChI is InChI=1S/C6H8O8S/c7-4(8)3-1-2-14-6(3,5(9)10)15(11,12)13/h3H,1-2H2,(H,7,8)(H,9,10)(H,11,12,13). The van der Waals surface area contributed by atoms with E-state index >= 15 is 0 Å². The molecule has 1 aliphatic heterocycles. The highest BCUT2D eigenvalue weighted by molar-refractivity contribution is 7.88. The highest BCUT2D eigenvalue weighted by Crippen LogP contribution is 2.37. The maximum absolute atomic E-state index is 10.9. The maximum Gasteiger partial charge on any atom is 0.355 e. The second-order valence-electron chi connectivity index (χ2n) is 2.98. The van der Waals surface area contributed by atoms with Crippen LogP contribution < -0.4 is 0 Å². The normalized spacial score (nSPS) is 31.4. The number of hydrogen-bond acceptors (Lipinski definition) is 5. The lowest BCUT2D eigenvalue weighted by Crippen LogP contribution is -2.53. The molecule has 0 radical (unpaired) electrons. The average molecular weight is 240 g/mol. The molecule has 0 bridgehead atoms. The predicted molar refractivity (Wildman–Crippen MR) is 43.6 cm³/mol. The van der Waals surface area contributed by atoms with Gasteiger partial charge in [0.05, 0.1) is 6.61 Å². The van der Waals surface area contributed by atoms with E-state index in [2.05, 4.69) is 4.74 Å². The first-order valence-corrected chi connectivity index (χ1v) is 5.24. The van der Waals surface area contributed by atoms with Gasteiger partial charge in [-0.15, -0.1) is 0 Å². The molecule has 0 aromatic heterocycles. The molecule has 0 aromatic carbocycles. The van der Waals surface area contributed by atoms with Crippen LogP contribution in [0.4, 0.5) is 0 Å². The fourth-order valence-electron chi connectivity index (χ4n) is 1.48. The summed E-state index contributed by atoms with van der Waals surface area (Å²) in [5.41, 5.74) is 0. The average Bonchev–Trinajstić information content (AvgIpc) is 2.45. The molecule has 0 amide bonds. The molecule has 1 fully saturated rings. The first-order valence-electron chi connectivity index (χ1n) is 3.80. The van der Waals surface area contributed by atoms with Gasteiger partial charge in [-0.1, -0.05) is 0 Å². The van der Waals surface area contributed by atoms with Gasteiger partial charge < -0.3 is 14.9 Å². The summed E-state index contributed by atoms with van der Waals surface area (Å²) >= 11 is 0. The SMILES string of the molecule is O=C(O)C1CCOC1(C(=O)O)S(=O)(=O)O. The second kappa shape index (κ2) is 3.43. The molecular weight excluding hydrogens is 232 g/mol. The van der Waals surface area contributed by atoms with Crippen LogP contribution in [0.5, 0.6) is 0 Å². The van der Waals surface area contributed by atoms with Crippen molar-refractivity contribution in [3.05, 3.63) is 0 Å². The van der Waals surface area contributed by atoms with Crippen molar-refractivity contribution < 1.29 is 37.5 Å². The Morgan fingerprint density at radius 3 is 2.13 bits per heavy atom. The number of carboxylic acids is 2. The fraction of sp³-hybridized carbons (Fsp3) is 0.667. The van der Waals surface area contributed by atoms with Crippen LogP contribution in [-0.4, -0.2) is 46.7 Å². The van der Waals surface area contributed by atoms with Crippen LogP contribution in [0.1, 0.15) is 6.42 Å². The zero-order valence-electron chi connectivity index (χ0n) is 7.28. The van der Waals surface area contributed by atoms with Gasteiger partial charge in [0, 0.05) is 0 Å². The van der Waals surface area contributed by atoms with Crippen molar-refractivity contribution in [2.75, 3.05) is 6.61 Å². The topological polar surface area (TPSA) is 138 Å². The van der Waals surface area contributed by atoms with Gasteiger partial charge in [0.2, 0.25) is 0 Å². The van der Waals surface area contributed by atoms with Crippen LogP contribution in [0.25, 0.3) is 0 Å². The molecule has 1 rings (SSSR count). The van der Waals surface area contributed by atoms with Gasteiger partial charge >= 0.3 is 27.0 Å². The van der Waals surface area contributed by atoms with Crippen molar-refractivity contribution in [3.8, 4) is 0 Å². The first-order chi connectivity index (χ1) is 6.73. The highest BCUT2D eigenvalue weighted by Gasteiger charge is 2.64. The molecule has 15 heavy (non-hydrogen) atoms. The predicted octanol–water partition coefficient (Wildman–Crippen LogP) is -1.22. The Hall–Kier alpha value is -1.19. The zero-order chi connectivity index (χ0) is 11.9. The molecule has 8 nitrogen and oxygen atoms in total. The van der Waals surface area contributed by atoms with Crippen molar-refractivity contribution in [1.82, 2.24) is 0 Å². The largest absolute Gasteiger partial charge is 0.481 e. The molecular formula is C6H8O8S. The van der Waals surface area contributed by atoms with E-state index in [1.54, 1.807) is 0 Å². The summed E-state index contributed by atoms with van der Waals surface area (Å²) in [6, 6.07) is 0. The van der Waals surface area contributed by atoms with E-state index in [-0.39, 0.29) is 13.0 Å². The van der Waals surface area contributed by atoms with Gasteiger partial charge in [0.25, 0.3) is 0 Å². The molecule has 1 aliphatic rings. The lowest BCUT2D eigenvalue weighted by molar-refractivity contribution is -0.161. The lowest BCUT2D eigenvalue weighted by atomic mass is 10.0. The highest BCUT2D eigenvalue weighted by atomic mass is 32.2. The van der Waals surface area contributed by atoms with Crippen molar-refractivity contribution in [1.29, 1.82) is 0 Å². The Morgan fingerprint density at radius 1 is 1.33 bits per heavy atom. The van der Waals surface area contributed by atoms with Gasteiger partial charge in [-0.25, -0.2) is 4.79 Å². The van der Waals surface area contributed by atoms with E-state index in [1.165, 1.54) is 0 Å². The summed E-state index contributed by atoms with van der Waals surface area (Å²) in [4.78, 5) is 18.3. The molecule has 0 aliphatic carbocycles. The zero-order valence-corrected chi connectivity index (χ0v) is 8.10. The first kappa shape index (κ1) is 11.9. The Balaban J connectivity index is 3.35. The molecule has 3 N–H and O–H groups in total. The summed E-state index contributed by atoms with van der Waals surface area (Å²) in [7, 11) is -5.16. The van der Waals surface area contributed by atoms with Gasteiger partial charge in [0.15, 0.2) is 0 Å². The van der Waals surface area contributed by atoms with Crippen LogP contribution >= 0.6 is 0 Å².